The Morgan fingerprint density at radius 2 is 1.72 bits per heavy atom. The molecule has 0 aliphatic rings. The lowest BCUT2D eigenvalue weighted by Crippen LogP contribution is -1.85. The van der Waals surface area contributed by atoms with Crippen LogP contribution in [0.3, 0.4) is 0 Å². The first-order chi connectivity index (χ1) is 8.74. The van der Waals surface area contributed by atoms with Crippen LogP contribution in [-0.4, -0.2) is 0 Å². The van der Waals surface area contributed by atoms with Gasteiger partial charge in [0.15, 0.2) is 0 Å². The fourth-order valence-electron chi connectivity index (χ4n) is 2.34. The van der Waals surface area contributed by atoms with Crippen molar-refractivity contribution in [2.24, 2.45) is 0 Å². The van der Waals surface area contributed by atoms with E-state index in [-0.39, 0.29) is 0 Å². The van der Waals surface area contributed by atoms with E-state index in [1.807, 2.05) is 11.3 Å². The van der Waals surface area contributed by atoms with Crippen molar-refractivity contribution in [1.82, 2.24) is 0 Å². The highest BCUT2D eigenvalue weighted by Crippen LogP contribution is 2.32. The zero-order valence-electron chi connectivity index (χ0n) is 10.7. The van der Waals surface area contributed by atoms with Gasteiger partial charge in [-0.2, -0.15) is 0 Å². The Hall–Kier alpha value is -1.60. The Labute approximate surface area is 112 Å². The SMILES string of the molecule is Cc1ccc2sc(Cc3ccccc3)c(C)c2c1. The lowest BCUT2D eigenvalue weighted by Gasteiger charge is -2.00. The molecular weight excluding hydrogens is 236 g/mol. The summed E-state index contributed by atoms with van der Waals surface area (Å²) < 4.78 is 1.41. The van der Waals surface area contributed by atoms with Gasteiger partial charge in [-0.3, -0.25) is 0 Å². The van der Waals surface area contributed by atoms with Crippen molar-refractivity contribution in [3.05, 3.63) is 70.1 Å². The molecule has 0 fully saturated rings. The first-order valence-electron chi connectivity index (χ1n) is 6.26. The first-order valence-corrected chi connectivity index (χ1v) is 7.08. The van der Waals surface area contributed by atoms with Gasteiger partial charge in [0.1, 0.15) is 0 Å². The predicted molar refractivity (Wildman–Crippen MR) is 80.5 cm³/mol. The molecule has 0 aliphatic heterocycles. The van der Waals surface area contributed by atoms with Crippen LogP contribution in [0, 0.1) is 13.8 Å². The van der Waals surface area contributed by atoms with Crippen molar-refractivity contribution < 1.29 is 0 Å². The monoisotopic (exact) mass is 252 g/mol. The molecule has 0 aliphatic carbocycles. The van der Waals surface area contributed by atoms with Gasteiger partial charge in [-0.25, -0.2) is 0 Å². The third-order valence-electron chi connectivity index (χ3n) is 3.40. The van der Waals surface area contributed by atoms with Gasteiger partial charge in [-0.05, 0) is 36.4 Å². The van der Waals surface area contributed by atoms with E-state index in [1.165, 1.54) is 31.7 Å². The summed E-state index contributed by atoms with van der Waals surface area (Å²) in [6.45, 7) is 4.41. The van der Waals surface area contributed by atoms with Crippen molar-refractivity contribution in [2.45, 2.75) is 20.3 Å². The Bertz CT molecular complexity index is 677. The van der Waals surface area contributed by atoms with Crippen LogP contribution < -0.4 is 0 Å². The van der Waals surface area contributed by atoms with Crippen molar-refractivity contribution >= 4 is 21.4 Å². The number of benzene rings is 2. The molecule has 0 radical (unpaired) electrons. The molecule has 0 N–H and O–H groups in total. The summed E-state index contributed by atoms with van der Waals surface area (Å²) in [7, 11) is 0. The smallest absolute Gasteiger partial charge is 0.0348 e. The molecule has 0 bridgehead atoms. The second-order valence-corrected chi connectivity index (χ2v) is 5.95. The minimum absolute atomic E-state index is 1.05. The van der Waals surface area contributed by atoms with Crippen molar-refractivity contribution in [1.29, 1.82) is 0 Å². The fourth-order valence-corrected chi connectivity index (χ4v) is 3.56. The molecule has 0 nitrogen and oxygen atoms in total. The maximum absolute atomic E-state index is 2.30. The van der Waals surface area contributed by atoms with E-state index in [1.54, 1.807) is 0 Å². The van der Waals surface area contributed by atoms with Gasteiger partial charge in [0.25, 0.3) is 0 Å². The average molecular weight is 252 g/mol. The summed E-state index contributed by atoms with van der Waals surface area (Å²) in [6, 6.07) is 17.5. The zero-order valence-corrected chi connectivity index (χ0v) is 11.6. The van der Waals surface area contributed by atoms with E-state index in [9.17, 15) is 0 Å². The lowest BCUT2D eigenvalue weighted by atomic mass is 10.1. The summed E-state index contributed by atoms with van der Waals surface area (Å²) in [6.07, 6.45) is 1.05. The maximum Gasteiger partial charge on any atom is 0.0348 e. The molecule has 90 valence electrons. The van der Waals surface area contributed by atoms with Gasteiger partial charge in [-0.1, -0.05) is 48.0 Å². The molecule has 2 aromatic carbocycles. The molecule has 0 unspecified atom stereocenters. The molecular formula is C17H16S. The number of fused-ring (bicyclic) bond motifs is 1. The van der Waals surface area contributed by atoms with E-state index >= 15 is 0 Å². The average Bonchev–Trinajstić information content (AvgIpc) is 2.68. The largest absolute Gasteiger partial charge is 0.140 e. The van der Waals surface area contributed by atoms with E-state index < -0.39 is 0 Å². The molecule has 3 rings (SSSR count). The molecule has 0 saturated carbocycles. The van der Waals surface area contributed by atoms with Gasteiger partial charge in [0.05, 0.1) is 0 Å². The van der Waals surface area contributed by atoms with Crippen molar-refractivity contribution in [3.63, 3.8) is 0 Å². The Morgan fingerprint density at radius 1 is 0.944 bits per heavy atom. The maximum atomic E-state index is 2.30. The molecule has 18 heavy (non-hydrogen) atoms. The van der Waals surface area contributed by atoms with Crippen molar-refractivity contribution in [2.75, 3.05) is 0 Å². The van der Waals surface area contributed by atoms with Gasteiger partial charge >= 0.3 is 0 Å². The highest BCUT2D eigenvalue weighted by molar-refractivity contribution is 7.19. The van der Waals surface area contributed by atoms with Crippen LogP contribution >= 0.6 is 11.3 Å². The van der Waals surface area contributed by atoms with Crippen LogP contribution in [0.15, 0.2) is 48.5 Å². The van der Waals surface area contributed by atoms with Gasteiger partial charge in [0, 0.05) is 16.0 Å². The topological polar surface area (TPSA) is 0 Å². The molecule has 0 spiro atoms. The Balaban J connectivity index is 2.05. The zero-order chi connectivity index (χ0) is 12.5. The highest BCUT2D eigenvalue weighted by atomic mass is 32.1. The fraction of sp³-hybridized carbons (Fsp3) is 0.176. The molecule has 1 aromatic heterocycles. The molecule has 3 aromatic rings. The quantitative estimate of drug-likeness (QED) is 0.594. The van der Waals surface area contributed by atoms with Crippen LogP contribution in [0.25, 0.3) is 10.1 Å². The molecule has 1 heterocycles. The number of rotatable bonds is 2. The second kappa shape index (κ2) is 4.58. The van der Waals surface area contributed by atoms with E-state index in [2.05, 4.69) is 62.4 Å². The third kappa shape index (κ3) is 2.06. The Kier molecular flexibility index (Phi) is 2.92. The molecule has 0 atom stereocenters. The van der Waals surface area contributed by atoms with Gasteiger partial charge < -0.3 is 0 Å². The minimum atomic E-state index is 1.05. The van der Waals surface area contributed by atoms with Crippen LogP contribution in [-0.2, 0) is 6.42 Å². The number of thiophene rings is 1. The Morgan fingerprint density at radius 3 is 2.50 bits per heavy atom. The van der Waals surface area contributed by atoms with Crippen LogP contribution in [0.2, 0.25) is 0 Å². The standard InChI is InChI=1S/C17H16S/c1-12-8-9-16-15(10-12)13(2)17(18-16)11-14-6-4-3-5-7-14/h3-10H,11H2,1-2H3. The number of hydrogen-bond acceptors (Lipinski definition) is 1. The predicted octanol–water partition coefficient (Wildman–Crippen LogP) is 5.11. The van der Waals surface area contributed by atoms with Crippen molar-refractivity contribution in [3.8, 4) is 0 Å². The summed E-state index contributed by atoms with van der Waals surface area (Å²) in [5.41, 5.74) is 4.18. The molecule has 0 saturated heterocycles. The summed E-state index contributed by atoms with van der Waals surface area (Å²) in [5, 5.41) is 1.42. The highest BCUT2D eigenvalue weighted by Gasteiger charge is 2.08. The molecule has 0 amide bonds. The second-order valence-electron chi connectivity index (χ2n) is 4.81. The third-order valence-corrected chi connectivity index (χ3v) is 4.67. The lowest BCUT2D eigenvalue weighted by molar-refractivity contribution is 1.22. The van der Waals surface area contributed by atoms with E-state index in [4.69, 9.17) is 0 Å². The normalized spacial score (nSPS) is 11.0. The van der Waals surface area contributed by atoms with Crippen LogP contribution in [0.4, 0.5) is 0 Å². The van der Waals surface area contributed by atoms with Gasteiger partial charge in [-0.15, -0.1) is 11.3 Å². The van der Waals surface area contributed by atoms with Crippen LogP contribution in [0.1, 0.15) is 21.6 Å². The summed E-state index contributed by atoms with van der Waals surface area (Å²) >= 11 is 1.93. The molecule has 1 heteroatoms. The first kappa shape index (κ1) is 11.5. The van der Waals surface area contributed by atoms with E-state index in [0.717, 1.165) is 6.42 Å². The van der Waals surface area contributed by atoms with E-state index in [0.29, 0.717) is 0 Å². The number of aryl methyl sites for hydroxylation is 2. The summed E-state index contributed by atoms with van der Waals surface area (Å²) in [5.74, 6) is 0. The van der Waals surface area contributed by atoms with Crippen LogP contribution in [0.5, 0.6) is 0 Å². The van der Waals surface area contributed by atoms with Gasteiger partial charge in [0.2, 0.25) is 0 Å². The number of hydrogen-bond donors (Lipinski definition) is 0. The summed E-state index contributed by atoms with van der Waals surface area (Å²) in [4.78, 5) is 1.49. The minimum Gasteiger partial charge on any atom is -0.140 e.